The summed E-state index contributed by atoms with van der Waals surface area (Å²) in [7, 11) is 0. The molecule has 25 heavy (non-hydrogen) atoms. The molecule has 3 aromatic rings. The summed E-state index contributed by atoms with van der Waals surface area (Å²) in [6, 6.07) is 12.9. The van der Waals surface area contributed by atoms with Gasteiger partial charge in [0, 0.05) is 22.8 Å². The molecule has 0 bridgehead atoms. The lowest BCUT2D eigenvalue weighted by atomic mass is 10.2. The number of rotatable bonds is 7. The summed E-state index contributed by atoms with van der Waals surface area (Å²) in [5.74, 6) is -0.618. The van der Waals surface area contributed by atoms with Crippen LogP contribution in [0.15, 0.2) is 53.2 Å². The molecule has 1 N–H and O–H groups in total. The highest BCUT2D eigenvalue weighted by molar-refractivity contribution is 7.10. The van der Waals surface area contributed by atoms with Crippen molar-refractivity contribution in [3.8, 4) is 0 Å². The molecule has 0 aliphatic carbocycles. The van der Waals surface area contributed by atoms with Gasteiger partial charge in [-0.15, -0.1) is 22.7 Å². The van der Waals surface area contributed by atoms with E-state index in [-0.39, 0.29) is 18.1 Å². The Morgan fingerprint density at radius 2 is 1.72 bits per heavy atom. The largest absolute Gasteiger partial charge is 0.322 e. The maximum atomic E-state index is 13.9. The second kappa shape index (κ2) is 8.38. The zero-order valence-corrected chi connectivity index (χ0v) is 15.5. The van der Waals surface area contributed by atoms with Crippen LogP contribution in [-0.4, -0.2) is 17.4 Å². The molecule has 3 nitrogen and oxygen atoms in total. The van der Waals surface area contributed by atoms with Gasteiger partial charge in [0.15, 0.2) is 0 Å². The summed E-state index contributed by atoms with van der Waals surface area (Å²) in [5.41, 5.74) is 1.05. The van der Waals surface area contributed by atoms with Crippen LogP contribution in [0.5, 0.6) is 0 Å². The van der Waals surface area contributed by atoms with Crippen LogP contribution >= 0.6 is 22.7 Å². The second-order valence-electron chi connectivity index (χ2n) is 5.84. The zero-order valence-electron chi connectivity index (χ0n) is 13.9. The molecule has 0 aliphatic rings. The van der Waals surface area contributed by atoms with Crippen LogP contribution in [0.1, 0.15) is 15.3 Å². The third kappa shape index (κ3) is 5.22. The van der Waals surface area contributed by atoms with E-state index in [0.29, 0.717) is 13.1 Å². The van der Waals surface area contributed by atoms with Crippen molar-refractivity contribution in [3.05, 3.63) is 74.4 Å². The number of hydrogen-bond donors (Lipinski definition) is 1. The van der Waals surface area contributed by atoms with E-state index in [1.807, 2.05) is 29.8 Å². The summed E-state index contributed by atoms with van der Waals surface area (Å²) >= 11 is 3.34. The Labute approximate surface area is 154 Å². The van der Waals surface area contributed by atoms with Gasteiger partial charge >= 0.3 is 0 Å². The van der Waals surface area contributed by atoms with Crippen LogP contribution in [0, 0.1) is 12.7 Å². The van der Waals surface area contributed by atoms with Crippen molar-refractivity contribution in [2.24, 2.45) is 0 Å². The molecule has 2 aromatic heterocycles. The normalized spacial score (nSPS) is 11.0. The van der Waals surface area contributed by atoms with Crippen LogP contribution in [-0.2, 0) is 17.9 Å². The Morgan fingerprint density at radius 1 is 1.08 bits per heavy atom. The number of anilines is 1. The Morgan fingerprint density at radius 3 is 2.24 bits per heavy atom. The molecular formula is C19H19FN2OS2. The minimum Gasteiger partial charge on any atom is -0.322 e. The van der Waals surface area contributed by atoms with Gasteiger partial charge in [-0.25, -0.2) is 4.39 Å². The molecule has 0 saturated carbocycles. The number of carbonyl (C=O) groups is 1. The quantitative estimate of drug-likeness (QED) is 0.638. The summed E-state index contributed by atoms with van der Waals surface area (Å²) in [6.07, 6.45) is 0. The van der Waals surface area contributed by atoms with Gasteiger partial charge < -0.3 is 5.32 Å². The first-order valence-corrected chi connectivity index (χ1v) is 9.69. The van der Waals surface area contributed by atoms with Crippen LogP contribution in [0.25, 0.3) is 0 Å². The second-order valence-corrected chi connectivity index (χ2v) is 7.90. The molecule has 0 unspecified atom stereocenters. The zero-order chi connectivity index (χ0) is 17.6. The SMILES string of the molecule is Cc1ccc(NC(=O)CN(Cc2cccs2)Cc2cccs2)c(F)c1. The van der Waals surface area contributed by atoms with Crippen molar-refractivity contribution in [2.75, 3.05) is 11.9 Å². The van der Waals surface area contributed by atoms with Gasteiger partial charge in [-0.1, -0.05) is 18.2 Å². The van der Waals surface area contributed by atoms with Gasteiger partial charge in [0.05, 0.1) is 12.2 Å². The van der Waals surface area contributed by atoms with E-state index in [2.05, 4.69) is 22.3 Å². The van der Waals surface area contributed by atoms with Crippen LogP contribution in [0.2, 0.25) is 0 Å². The van der Waals surface area contributed by atoms with E-state index in [1.165, 1.54) is 15.8 Å². The molecule has 130 valence electrons. The molecule has 1 aromatic carbocycles. The molecule has 0 radical (unpaired) electrons. The number of carbonyl (C=O) groups excluding carboxylic acids is 1. The van der Waals surface area contributed by atoms with Crippen molar-refractivity contribution in [2.45, 2.75) is 20.0 Å². The Balaban J connectivity index is 1.66. The Bertz CT molecular complexity index is 780. The van der Waals surface area contributed by atoms with Gasteiger partial charge in [0.2, 0.25) is 5.91 Å². The van der Waals surface area contributed by atoms with Crippen LogP contribution in [0.4, 0.5) is 10.1 Å². The van der Waals surface area contributed by atoms with E-state index >= 15 is 0 Å². The number of benzene rings is 1. The van der Waals surface area contributed by atoms with E-state index in [1.54, 1.807) is 34.8 Å². The fourth-order valence-electron chi connectivity index (χ4n) is 2.53. The van der Waals surface area contributed by atoms with Crippen molar-refractivity contribution >= 4 is 34.3 Å². The van der Waals surface area contributed by atoms with Gasteiger partial charge in [-0.2, -0.15) is 0 Å². The van der Waals surface area contributed by atoms with Gasteiger partial charge in [-0.05, 0) is 47.5 Å². The predicted octanol–water partition coefficient (Wildman–Crippen LogP) is 4.90. The molecule has 0 aliphatic heterocycles. The van der Waals surface area contributed by atoms with Crippen molar-refractivity contribution in [3.63, 3.8) is 0 Å². The number of nitrogens with zero attached hydrogens (tertiary/aromatic N) is 1. The first-order valence-electron chi connectivity index (χ1n) is 7.93. The maximum absolute atomic E-state index is 13.9. The van der Waals surface area contributed by atoms with E-state index in [9.17, 15) is 9.18 Å². The number of thiophene rings is 2. The first-order chi connectivity index (χ1) is 12.1. The molecule has 0 spiro atoms. The smallest absolute Gasteiger partial charge is 0.238 e. The lowest BCUT2D eigenvalue weighted by Gasteiger charge is -2.20. The molecule has 0 atom stereocenters. The summed E-state index contributed by atoms with van der Waals surface area (Å²) in [6.45, 7) is 3.42. The standard InChI is InChI=1S/C19H19FN2OS2/c1-14-6-7-18(17(20)10-14)21-19(23)13-22(11-15-4-2-8-24-15)12-16-5-3-9-25-16/h2-10H,11-13H2,1H3,(H,21,23). The number of hydrogen-bond acceptors (Lipinski definition) is 4. The summed E-state index contributed by atoms with van der Waals surface area (Å²) < 4.78 is 13.9. The molecule has 1 amide bonds. The molecule has 2 heterocycles. The average Bonchev–Trinajstić information content (AvgIpc) is 3.24. The topological polar surface area (TPSA) is 32.3 Å². The highest BCUT2D eigenvalue weighted by Crippen LogP contribution is 2.18. The monoisotopic (exact) mass is 374 g/mol. The van der Waals surface area contributed by atoms with E-state index in [0.717, 1.165) is 5.56 Å². The van der Waals surface area contributed by atoms with E-state index in [4.69, 9.17) is 0 Å². The molecule has 3 rings (SSSR count). The first kappa shape index (κ1) is 17.8. The molecular weight excluding hydrogens is 355 g/mol. The molecule has 0 saturated heterocycles. The number of nitrogens with one attached hydrogen (secondary N) is 1. The fraction of sp³-hybridized carbons (Fsp3) is 0.211. The predicted molar refractivity (Wildman–Crippen MR) is 103 cm³/mol. The highest BCUT2D eigenvalue weighted by Gasteiger charge is 2.15. The molecule has 0 fully saturated rings. The van der Waals surface area contributed by atoms with Gasteiger partial charge in [0.25, 0.3) is 0 Å². The lowest BCUT2D eigenvalue weighted by molar-refractivity contribution is -0.117. The number of amides is 1. The summed E-state index contributed by atoms with van der Waals surface area (Å²) in [4.78, 5) is 16.9. The third-order valence-corrected chi connectivity index (χ3v) is 5.41. The van der Waals surface area contributed by atoms with Gasteiger partial charge in [0.1, 0.15) is 5.82 Å². The minimum absolute atomic E-state index is 0.211. The number of halogens is 1. The maximum Gasteiger partial charge on any atom is 0.238 e. The Kier molecular flexibility index (Phi) is 5.96. The highest BCUT2D eigenvalue weighted by atomic mass is 32.1. The van der Waals surface area contributed by atoms with Crippen molar-refractivity contribution in [1.29, 1.82) is 0 Å². The van der Waals surface area contributed by atoms with Crippen LogP contribution in [0.3, 0.4) is 0 Å². The summed E-state index contributed by atoms with van der Waals surface area (Å²) in [5, 5.41) is 6.73. The third-order valence-electron chi connectivity index (χ3n) is 3.68. The Hall–Kier alpha value is -2.02. The fourth-order valence-corrected chi connectivity index (χ4v) is 4.02. The van der Waals surface area contributed by atoms with Crippen LogP contribution < -0.4 is 5.32 Å². The van der Waals surface area contributed by atoms with Gasteiger partial charge in [-0.3, -0.25) is 9.69 Å². The average molecular weight is 375 g/mol. The number of aryl methyl sites for hydroxylation is 1. The van der Waals surface area contributed by atoms with E-state index < -0.39 is 5.82 Å². The van der Waals surface area contributed by atoms with Crippen molar-refractivity contribution in [1.82, 2.24) is 4.90 Å². The minimum atomic E-state index is -0.406. The van der Waals surface area contributed by atoms with Crippen molar-refractivity contribution < 1.29 is 9.18 Å². The lowest BCUT2D eigenvalue weighted by Crippen LogP contribution is -2.32. The molecule has 6 heteroatoms.